The van der Waals surface area contributed by atoms with Crippen molar-refractivity contribution < 1.29 is 8.42 Å². The van der Waals surface area contributed by atoms with E-state index in [9.17, 15) is 8.42 Å². The van der Waals surface area contributed by atoms with E-state index in [0.29, 0.717) is 5.56 Å². The van der Waals surface area contributed by atoms with Gasteiger partial charge in [-0.3, -0.25) is 0 Å². The predicted octanol–water partition coefficient (Wildman–Crippen LogP) is 10.6. The Kier molecular flexibility index (Phi) is 7.67. The number of benzene rings is 6. The van der Waals surface area contributed by atoms with Gasteiger partial charge in [0.25, 0.3) is 0 Å². The second-order valence-corrected chi connectivity index (χ2v) is 13.8. The summed E-state index contributed by atoms with van der Waals surface area (Å²) in [6.45, 7) is 1.99. The predicted molar refractivity (Wildman–Crippen MR) is 201 cm³/mol. The number of nitrogens with one attached hydrogen (secondary N) is 1. The van der Waals surface area contributed by atoms with Crippen LogP contribution in [0.15, 0.2) is 179 Å². The van der Waals surface area contributed by atoms with E-state index < -0.39 is 9.84 Å². The van der Waals surface area contributed by atoms with E-state index >= 15 is 0 Å². The molecule has 0 aromatic heterocycles. The lowest BCUT2D eigenvalue weighted by molar-refractivity contribution is 0.596. The molecule has 2 aliphatic rings. The average molecular weight is 670 g/mol. The van der Waals surface area contributed by atoms with Crippen LogP contribution in [0.25, 0.3) is 0 Å². The Labute approximate surface area is 291 Å². The Balaban J connectivity index is 1.29. The van der Waals surface area contributed by atoms with Gasteiger partial charge in [0.1, 0.15) is 0 Å². The average Bonchev–Trinajstić information content (AvgIpc) is 3.16. The summed E-state index contributed by atoms with van der Waals surface area (Å²) < 4.78 is 27.1. The number of hydrogen-bond donors (Lipinski definition) is 1. The molecule has 0 fully saturated rings. The lowest BCUT2D eigenvalue weighted by Gasteiger charge is -2.45. The van der Waals surface area contributed by atoms with Gasteiger partial charge in [-0.15, -0.1) is 0 Å². The van der Waals surface area contributed by atoms with Crippen molar-refractivity contribution >= 4 is 61.0 Å². The molecule has 0 atom stereocenters. The molecule has 0 saturated heterocycles. The van der Waals surface area contributed by atoms with Gasteiger partial charge >= 0.3 is 0 Å². The van der Waals surface area contributed by atoms with Crippen molar-refractivity contribution in [2.24, 2.45) is 0 Å². The first-order valence-electron chi connectivity index (χ1n) is 16.2. The molecule has 6 aromatic rings. The topological polar surface area (TPSA) is 79.7 Å². The largest absolute Gasteiger partial charge is 0.354 e. The number of nitriles is 1. The van der Waals surface area contributed by atoms with Crippen LogP contribution in [0.4, 0.5) is 51.2 Å². The van der Waals surface area contributed by atoms with Crippen LogP contribution in [0.2, 0.25) is 0 Å². The third-order valence-electron chi connectivity index (χ3n) is 8.84. The highest BCUT2D eigenvalue weighted by Crippen LogP contribution is 2.59. The number of hydrogen-bond acceptors (Lipinski definition) is 7. The zero-order chi connectivity index (χ0) is 34.2. The van der Waals surface area contributed by atoms with Gasteiger partial charge < -0.3 is 20.0 Å². The molecule has 0 aliphatic carbocycles. The quantitative estimate of drug-likeness (QED) is 0.181. The van der Waals surface area contributed by atoms with Crippen LogP contribution in [0, 0.1) is 11.3 Å². The summed E-state index contributed by atoms with van der Waals surface area (Å²) in [5.74, 6) is 0. The van der Waals surface area contributed by atoms with Crippen molar-refractivity contribution in [2.75, 3.05) is 20.0 Å². The van der Waals surface area contributed by atoms with Gasteiger partial charge in [-0.05, 0) is 110 Å². The minimum Gasteiger partial charge on any atom is -0.354 e. The molecule has 0 amide bonds. The molecule has 242 valence electrons. The Hall–Kier alpha value is -6.56. The number of nitrogens with zero attached hydrogens (tertiary/aromatic N) is 4. The minimum absolute atomic E-state index is 0.143. The second-order valence-electron chi connectivity index (χ2n) is 11.9. The molecular formula is C42H31N5O2S. The number of allylic oxidation sites excluding steroid dienone is 2. The minimum atomic E-state index is -3.79. The third-order valence-corrected chi connectivity index (χ3v) is 10.6. The fraction of sp³-hybridized carbons (Fsp3) is 0.0238. The van der Waals surface area contributed by atoms with Crippen LogP contribution in [0.1, 0.15) is 12.5 Å². The summed E-state index contributed by atoms with van der Waals surface area (Å²) in [6, 6.07) is 48.1. The number of sulfone groups is 1. The smallest absolute Gasteiger partial charge is 0.206 e. The Morgan fingerprint density at radius 2 is 1.18 bits per heavy atom. The van der Waals surface area contributed by atoms with Crippen LogP contribution in [0.3, 0.4) is 0 Å². The first-order valence-corrected chi connectivity index (χ1v) is 17.7. The van der Waals surface area contributed by atoms with Crippen LogP contribution in [0.5, 0.6) is 0 Å². The summed E-state index contributed by atoms with van der Waals surface area (Å²) in [7, 11) is -3.79. The van der Waals surface area contributed by atoms with E-state index in [0.717, 1.165) is 56.9 Å². The molecule has 1 N–H and O–H groups in total. The van der Waals surface area contributed by atoms with E-state index in [1.165, 1.54) is 24.3 Å². The number of para-hydroxylation sites is 4. The van der Waals surface area contributed by atoms with Crippen molar-refractivity contribution in [1.82, 2.24) is 0 Å². The van der Waals surface area contributed by atoms with Crippen molar-refractivity contribution in [2.45, 2.75) is 16.7 Å². The highest BCUT2D eigenvalue weighted by Gasteiger charge is 2.37. The molecule has 8 rings (SSSR count). The molecule has 0 bridgehead atoms. The van der Waals surface area contributed by atoms with E-state index in [4.69, 9.17) is 5.26 Å². The summed E-state index contributed by atoms with van der Waals surface area (Å²) in [5.41, 5.74) is 10.1. The molecule has 7 nitrogen and oxygen atoms in total. The van der Waals surface area contributed by atoms with Gasteiger partial charge in [0.15, 0.2) is 0 Å². The SMILES string of the molecule is C/C=C\C1=CN2c3c(Nc4ccccc4)cccc3N(c3ccccc3)c3cccc(c32)N1c1ccc(S(=O)(=O)c2ccc(C#N)cc2)cc1. The highest BCUT2D eigenvalue weighted by atomic mass is 32.2. The van der Waals surface area contributed by atoms with Crippen LogP contribution >= 0.6 is 0 Å². The molecule has 0 spiro atoms. The Bertz CT molecular complexity index is 2440. The zero-order valence-electron chi connectivity index (χ0n) is 27.1. The van der Waals surface area contributed by atoms with Crippen molar-refractivity contribution in [3.05, 3.63) is 175 Å². The van der Waals surface area contributed by atoms with Crippen LogP contribution in [-0.4, -0.2) is 8.42 Å². The van der Waals surface area contributed by atoms with Gasteiger partial charge in [-0.25, -0.2) is 8.42 Å². The molecule has 2 heterocycles. The Morgan fingerprint density at radius 3 is 1.82 bits per heavy atom. The van der Waals surface area contributed by atoms with Gasteiger partial charge in [0, 0.05) is 23.3 Å². The van der Waals surface area contributed by atoms with Crippen molar-refractivity contribution in [3.8, 4) is 6.07 Å². The molecule has 50 heavy (non-hydrogen) atoms. The molecule has 6 aromatic carbocycles. The summed E-state index contributed by atoms with van der Waals surface area (Å²) >= 11 is 0. The number of anilines is 9. The third kappa shape index (κ3) is 5.17. The standard InChI is InChI=1S/C42H31N5O2S/c1-2-11-34-29-45-41-37(44-31-12-5-3-6-13-31)16-9-17-38(41)47(32-14-7-4-8-15-32)40-19-10-18-39(42(40)45)46(34)33-22-26-36(27-23-33)50(48,49)35-24-20-30(28-43)21-25-35/h2-27,29,44H,1H3/b11-2-. The first-order chi connectivity index (χ1) is 24.5. The fourth-order valence-electron chi connectivity index (χ4n) is 6.62. The molecule has 0 radical (unpaired) electrons. The van der Waals surface area contributed by atoms with Gasteiger partial charge in [-0.1, -0.05) is 54.6 Å². The zero-order valence-corrected chi connectivity index (χ0v) is 27.9. The van der Waals surface area contributed by atoms with Gasteiger partial charge in [0.2, 0.25) is 9.84 Å². The van der Waals surface area contributed by atoms with Crippen molar-refractivity contribution in [3.63, 3.8) is 0 Å². The van der Waals surface area contributed by atoms with Crippen molar-refractivity contribution in [1.29, 1.82) is 5.26 Å². The van der Waals surface area contributed by atoms with E-state index in [1.807, 2.05) is 67.6 Å². The monoisotopic (exact) mass is 669 g/mol. The normalized spacial score (nSPS) is 13.4. The summed E-state index contributed by atoms with van der Waals surface area (Å²) in [6.07, 6.45) is 6.21. The molecule has 8 heteroatoms. The molecule has 0 saturated carbocycles. The molecule has 0 unspecified atom stereocenters. The molecular weight excluding hydrogens is 639 g/mol. The maximum atomic E-state index is 13.5. The second kappa shape index (κ2) is 12.5. The van der Waals surface area contributed by atoms with E-state index in [-0.39, 0.29) is 9.79 Å². The van der Waals surface area contributed by atoms with Gasteiger partial charge in [0.05, 0.1) is 61.2 Å². The highest BCUT2D eigenvalue weighted by molar-refractivity contribution is 7.91. The maximum Gasteiger partial charge on any atom is 0.206 e. The number of fused-ring (bicyclic) bond motifs is 2. The van der Waals surface area contributed by atoms with Crippen LogP contribution < -0.4 is 20.0 Å². The lowest BCUT2D eigenvalue weighted by atomic mass is 10.0. The molecule has 2 aliphatic heterocycles. The lowest BCUT2D eigenvalue weighted by Crippen LogP contribution is -2.31. The van der Waals surface area contributed by atoms with E-state index in [2.05, 4.69) is 93.0 Å². The van der Waals surface area contributed by atoms with E-state index in [1.54, 1.807) is 12.1 Å². The summed E-state index contributed by atoms with van der Waals surface area (Å²) in [5, 5.41) is 12.8. The summed E-state index contributed by atoms with van der Waals surface area (Å²) in [4.78, 5) is 7.04. The Morgan fingerprint density at radius 1 is 0.620 bits per heavy atom. The first kappa shape index (κ1) is 30.8. The van der Waals surface area contributed by atoms with Gasteiger partial charge in [-0.2, -0.15) is 5.26 Å². The fourth-order valence-corrected chi connectivity index (χ4v) is 7.88. The maximum absolute atomic E-state index is 13.5. The van der Waals surface area contributed by atoms with Crippen LogP contribution in [-0.2, 0) is 9.84 Å². The number of rotatable bonds is 7.